The summed E-state index contributed by atoms with van der Waals surface area (Å²) in [5.74, 6) is 5.20. The van der Waals surface area contributed by atoms with Gasteiger partial charge < -0.3 is 10.7 Å². The summed E-state index contributed by atoms with van der Waals surface area (Å²) in [6, 6.07) is 6.56. The smallest absolute Gasteiger partial charge is 0.275 e. The zero-order valence-corrected chi connectivity index (χ0v) is 10.9. The minimum absolute atomic E-state index is 0.103. The number of pyridine rings is 2. The van der Waals surface area contributed by atoms with Crippen molar-refractivity contribution in [3.63, 3.8) is 0 Å². The average Bonchev–Trinajstić information content (AvgIpc) is 2.39. The van der Waals surface area contributed by atoms with Crippen molar-refractivity contribution in [2.45, 2.75) is 6.92 Å². The van der Waals surface area contributed by atoms with Crippen LogP contribution in [0.3, 0.4) is 0 Å². The number of halogens is 1. The van der Waals surface area contributed by atoms with E-state index in [-0.39, 0.29) is 10.7 Å². The number of nitrogens with one attached hydrogen (secondary N) is 2. The first-order valence-electron chi connectivity index (χ1n) is 5.47. The Bertz CT molecular complexity index is 617. The predicted molar refractivity (Wildman–Crippen MR) is 74.0 cm³/mol. The molecule has 0 atom stereocenters. The minimum atomic E-state index is -0.410. The minimum Gasteiger partial charge on any atom is -0.320 e. The Morgan fingerprint density at radius 3 is 2.84 bits per heavy atom. The Kier molecular flexibility index (Phi) is 3.94. The summed E-state index contributed by atoms with van der Waals surface area (Å²) in [5.41, 5.74) is 3.89. The standard InChI is InChI=1S/C12H12ClN5O/c1-7-6-8(4-5-15-7)16-12(19)11-9(13)2-3-10(17-11)18-14/h2-6H,14H2,1H3,(H,17,18)(H,15,16,19). The monoisotopic (exact) mass is 277 g/mol. The number of nitrogens with zero attached hydrogens (tertiary/aromatic N) is 2. The summed E-state index contributed by atoms with van der Waals surface area (Å²) >= 11 is 5.94. The molecule has 0 aliphatic carbocycles. The number of hydrogen-bond acceptors (Lipinski definition) is 5. The van der Waals surface area contributed by atoms with Gasteiger partial charge in [0.2, 0.25) is 0 Å². The maximum Gasteiger partial charge on any atom is 0.275 e. The van der Waals surface area contributed by atoms with Crippen LogP contribution in [0.4, 0.5) is 11.5 Å². The SMILES string of the molecule is Cc1cc(NC(=O)c2nc(NN)ccc2Cl)ccn1. The van der Waals surface area contributed by atoms with E-state index < -0.39 is 5.91 Å². The van der Waals surface area contributed by atoms with Crippen LogP contribution in [0.15, 0.2) is 30.5 Å². The molecule has 4 N–H and O–H groups in total. The van der Waals surface area contributed by atoms with E-state index in [4.69, 9.17) is 17.4 Å². The first-order chi connectivity index (χ1) is 9.10. The number of amides is 1. The summed E-state index contributed by atoms with van der Waals surface area (Å²) in [6.45, 7) is 1.83. The van der Waals surface area contributed by atoms with Gasteiger partial charge in [0.05, 0.1) is 5.02 Å². The summed E-state index contributed by atoms with van der Waals surface area (Å²) in [5, 5.41) is 2.95. The fourth-order valence-electron chi connectivity index (χ4n) is 1.50. The van der Waals surface area contributed by atoms with E-state index >= 15 is 0 Å². The van der Waals surface area contributed by atoms with E-state index in [1.807, 2.05) is 6.92 Å². The van der Waals surface area contributed by atoms with Gasteiger partial charge in [-0.25, -0.2) is 10.8 Å². The van der Waals surface area contributed by atoms with Crippen LogP contribution in [-0.4, -0.2) is 15.9 Å². The number of aromatic nitrogens is 2. The maximum atomic E-state index is 12.1. The molecule has 0 radical (unpaired) electrons. The van der Waals surface area contributed by atoms with Gasteiger partial charge in [-0.2, -0.15) is 0 Å². The van der Waals surface area contributed by atoms with E-state index in [1.165, 1.54) is 0 Å². The van der Waals surface area contributed by atoms with Gasteiger partial charge in [-0.15, -0.1) is 0 Å². The second-order valence-corrected chi connectivity index (χ2v) is 4.22. The molecule has 2 aromatic heterocycles. The van der Waals surface area contributed by atoms with E-state index in [0.717, 1.165) is 5.69 Å². The van der Waals surface area contributed by atoms with Gasteiger partial charge in [-0.05, 0) is 31.2 Å². The lowest BCUT2D eigenvalue weighted by molar-refractivity contribution is 0.102. The van der Waals surface area contributed by atoms with E-state index in [1.54, 1.807) is 30.5 Å². The van der Waals surface area contributed by atoms with Gasteiger partial charge in [-0.1, -0.05) is 11.6 Å². The number of hydrogen-bond donors (Lipinski definition) is 3. The zero-order chi connectivity index (χ0) is 13.8. The summed E-state index contributed by atoms with van der Waals surface area (Å²) in [7, 11) is 0. The molecule has 0 saturated heterocycles. The summed E-state index contributed by atoms with van der Waals surface area (Å²) < 4.78 is 0. The third-order valence-electron chi connectivity index (χ3n) is 2.36. The predicted octanol–water partition coefficient (Wildman–Crippen LogP) is 1.98. The quantitative estimate of drug-likeness (QED) is 0.589. The molecule has 0 bridgehead atoms. The van der Waals surface area contributed by atoms with Gasteiger partial charge in [0.15, 0.2) is 0 Å². The number of hydrazine groups is 1. The molecule has 0 aliphatic heterocycles. The Balaban J connectivity index is 2.25. The van der Waals surface area contributed by atoms with Gasteiger partial charge >= 0.3 is 0 Å². The molecule has 6 nitrogen and oxygen atoms in total. The van der Waals surface area contributed by atoms with Crippen LogP contribution in [0, 0.1) is 6.92 Å². The van der Waals surface area contributed by atoms with E-state index in [9.17, 15) is 4.79 Å². The lowest BCUT2D eigenvalue weighted by atomic mass is 10.3. The number of nitrogens with two attached hydrogens (primary N) is 1. The Labute approximate surface area is 115 Å². The van der Waals surface area contributed by atoms with Crippen molar-refractivity contribution in [3.05, 3.63) is 46.9 Å². The molecular weight excluding hydrogens is 266 g/mol. The van der Waals surface area contributed by atoms with Crippen LogP contribution in [0.2, 0.25) is 5.02 Å². The Hall–Kier alpha value is -2.18. The molecule has 0 fully saturated rings. The molecule has 1 amide bonds. The molecule has 0 aliphatic rings. The number of nitrogen functional groups attached to an aromatic ring is 1. The second-order valence-electron chi connectivity index (χ2n) is 3.81. The summed E-state index contributed by atoms with van der Waals surface area (Å²) in [4.78, 5) is 20.1. The van der Waals surface area contributed by atoms with E-state index in [0.29, 0.717) is 11.5 Å². The van der Waals surface area contributed by atoms with Gasteiger partial charge in [0.25, 0.3) is 5.91 Å². The van der Waals surface area contributed by atoms with Crippen molar-refractivity contribution in [1.29, 1.82) is 0 Å². The zero-order valence-electron chi connectivity index (χ0n) is 10.1. The molecule has 2 heterocycles. The van der Waals surface area contributed by atoms with Crippen molar-refractivity contribution >= 4 is 29.0 Å². The van der Waals surface area contributed by atoms with Crippen molar-refractivity contribution < 1.29 is 4.79 Å². The lowest BCUT2D eigenvalue weighted by Crippen LogP contribution is -2.17. The normalized spacial score (nSPS) is 10.1. The molecule has 7 heteroatoms. The molecule has 0 aromatic carbocycles. The molecule has 19 heavy (non-hydrogen) atoms. The molecule has 0 unspecified atom stereocenters. The summed E-state index contributed by atoms with van der Waals surface area (Å²) in [6.07, 6.45) is 1.61. The maximum absolute atomic E-state index is 12.1. The Morgan fingerprint density at radius 2 is 2.16 bits per heavy atom. The number of anilines is 2. The third-order valence-corrected chi connectivity index (χ3v) is 2.67. The Morgan fingerprint density at radius 1 is 1.37 bits per heavy atom. The highest BCUT2D eigenvalue weighted by Gasteiger charge is 2.13. The molecule has 0 spiro atoms. The molecule has 98 valence electrons. The third kappa shape index (κ3) is 3.18. The van der Waals surface area contributed by atoms with Gasteiger partial charge in [-0.3, -0.25) is 9.78 Å². The number of aryl methyl sites for hydroxylation is 1. The van der Waals surface area contributed by atoms with Crippen LogP contribution in [0.5, 0.6) is 0 Å². The largest absolute Gasteiger partial charge is 0.320 e. The van der Waals surface area contributed by atoms with Crippen molar-refractivity contribution in [3.8, 4) is 0 Å². The van der Waals surface area contributed by atoms with Crippen molar-refractivity contribution in [1.82, 2.24) is 9.97 Å². The van der Waals surface area contributed by atoms with Crippen LogP contribution in [0.25, 0.3) is 0 Å². The highest BCUT2D eigenvalue weighted by atomic mass is 35.5. The second kappa shape index (κ2) is 5.64. The van der Waals surface area contributed by atoms with Crippen LogP contribution < -0.4 is 16.6 Å². The highest BCUT2D eigenvalue weighted by molar-refractivity contribution is 6.34. The molecule has 2 aromatic rings. The number of carbonyl (C=O) groups is 1. The van der Waals surface area contributed by atoms with Gasteiger partial charge in [0.1, 0.15) is 11.5 Å². The fourth-order valence-corrected chi connectivity index (χ4v) is 1.69. The van der Waals surface area contributed by atoms with E-state index in [2.05, 4.69) is 20.7 Å². The topological polar surface area (TPSA) is 92.9 Å². The first-order valence-corrected chi connectivity index (χ1v) is 5.85. The van der Waals surface area contributed by atoms with Crippen LogP contribution in [0.1, 0.15) is 16.2 Å². The fraction of sp³-hybridized carbons (Fsp3) is 0.0833. The highest BCUT2D eigenvalue weighted by Crippen LogP contribution is 2.18. The lowest BCUT2D eigenvalue weighted by Gasteiger charge is -2.08. The molecule has 2 rings (SSSR count). The number of carbonyl (C=O) groups excluding carboxylic acids is 1. The van der Waals surface area contributed by atoms with Crippen LogP contribution in [-0.2, 0) is 0 Å². The average molecular weight is 278 g/mol. The first kappa shape index (κ1) is 13.3. The van der Waals surface area contributed by atoms with Crippen molar-refractivity contribution in [2.24, 2.45) is 5.84 Å². The molecule has 0 saturated carbocycles. The van der Waals surface area contributed by atoms with Gasteiger partial charge in [0, 0.05) is 17.6 Å². The molecular formula is C12H12ClN5O. The van der Waals surface area contributed by atoms with Crippen LogP contribution >= 0.6 is 11.6 Å². The number of rotatable bonds is 3. The van der Waals surface area contributed by atoms with Crippen molar-refractivity contribution in [2.75, 3.05) is 10.7 Å².